The second kappa shape index (κ2) is 5.16. The van der Waals surface area contributed by atoms with E-state index in [4.69, 9.17) is 4.52 Å². The van der Waals surface area contributed by atoms with Crippen LogP contribution in [0.4, 0.5) is 0 Å². The highest BCUT2D eigenvalue weighted by atomic mass is 16.5. The first kappa shape index (κ1) is 13.0. The molecule has 8 heteroatoms. The molecule has 0 fully saturated rings. The summed E-state index contributed by atoms with van der Waals surface area (Å²) in [6, 6.07) is 9.06. The van der Waals surface area contributed by atoms with Gasteiger partial charge < -0.3 is 9.63 Å². The number of nitrogens with zero attached hydrogens (tertiary/aromatic N) is 5. The molecule has 106 valence electrons. The summed E-state index contributed by atoms with van der Waals surface area (Å²) < 4.78 is 6.47. The van der Waals surface area contributed by atoms with Crippen molar-refractivity contribution in [3.63, 3.8) is 0 Å². The molecule has 0 unspecified atom stereocenters. The van der Waals surface area contributed by atoms with E-state index in [1.807, 2.05) is 18.2 Å². The van der Waals surface area contributed by atoms with Crippen molar-refractivity contribution in [2.45, 2.75) is 13.5 Å². The third-order valence-electron chi connectivity index (χ3n) is 2.84. The minimum Gasteiger partial charge on any atom is -0.476 e. The number of aromatic nitrogens is 5. The predicted molar refractivity (Wildman–Crippen MR) is 70.6 cm³/mol. The van der Waals surface area contributed by atoms with E-state index in [1.165, 1.54) is 4.68 Å². The van der Waals surface area contributed by atoms with E-state index in [1.54, 1.807) is 19.1 Å². The van der Waals surface area contributed by atoms with Gasteiger partial charge in [-0.3, -0.25) is 0 Å². The number of aromatic carboxylic acids is 1. The SMILES string of the molecule is Cc1noc(Cn2nnc(C(=O)O)c2-c2ccccc2)n1. The predicted octanol–water partition coefficient (Wildman–Crippen LogP) is 1.38. The summed E-state index contributed by atoms with van der Waals surface area (Å²) in [6.45, 7) is 1.86. The molecule has 0 radical (unpaired) electrons. The number of rotatable bonds is 4. The Hall–Kier alpha value is -3.03. The largest absolute Gasteiger partial charge is 0.476 e. The Morgan fingerprint density at radius 1 is 1.33 bits per heavy atom. The Bertz CT molecular complexity index is 778. The van der Waals surface area contributed by atoms with Crippen molar-refractivity contribution in [1.82, 2.24) is 25.1 Å². The van der Waals surface area contributed by atoms with Crippen molar-refractivity contribution in [1.29, 1.82) is 0 Å². The second-order valence-electron chi connectivity index (χ2n) is 4.35. The lowest BCUT2D eigenvalue weighted by atomic mass is 10.1. The van der Waals surface area contributed by atoms with Crippen LogP contribution in [0.3, 0.4) is 0 Å². The monoisotopic (exact) mass is 285 g/mol. The van der Waals surface area contributed by atoms with Crippen LogP contribution in [0.25, 0.3) is 11.3 Å². The van der Waals surface area contributed by atoms with Crippen LogP contribution in [-0.4, -0.2) is 36.2 Å². The summed E-state index contributed by atoms with van der Waals surface area (Å²) in [6.07, 6.45) is 0. The summed E-state index contributed by atoms with van der Waals surface area (Å²) in [7, 11) is 0. The molecule has 2 aromatic heterocycles. The van der Waals surface area contributed by atoms with Gasteiger partial charge in [0.15, 0.2) is 11.5 Å². The molecule has 0 spiro atoms. The van der Waals surface area contributed by atoms with Gasteiger partial charge in [0.05, 0.1) is 0 Å². The third-order valence-corrected chi connectivity index (χ3v) is 2.84. The molecule has 0 saturated heterocycles. The average molecular weight is 285 g/mol. The topological polar surface area (TPSA) is 107 Å². The maximum atomic E-state index is 11.3. The average Bonchev–Trinajstić information content (AvgIpc) is 3.07. The van der Waals surface area contributed by atoms with Crippen molar-refractivity contribution >= 4 is 5.97 Å². The molecule has 3 aromatic rings. The standard InChI is InChI=1S/C13H11N5O3/c1-8-14-10(21-16-8)7-18-12(9-5-3-2-4-6-9)11(13(19)20)15-17-18/h2-6H,7H2,1H3,(H,19,20). The van der Waals surface area contributed by atoms with Crippen molar-refractivity contribution < 1.29 is 14.4 Å². The van der Waals surface area contributed by atoms with E-state index in [0.717, 1.165) is 0 Å². The maximum absolute atomic E-state index is 11.3. The molecule has 0 saturated carbocycles. The van der Waals surface area contributed by atoms with Gasteiger partial charge in [-0.05, 0) is 6.92 Å². The zero-order chi connectivity index (χ0) is 14.8. The van der Waals surface area contributed by atoms with Crippen LogP contribution in [0, 0.1) is 6.92 Å². The van der Waals surface area contributed by atoms with Gasteiger partial charge in [0.25, 0.3) is 0 Å². The highest BCUT2D eigenvalue weighted by molar-refractivity contribution is 5.92. The van der Waals surface area contributed by atoms with Crippen LogP contribution in [0.1, 0.15) is 22.2 Å². The first-order valence-electron chi connectivity index (χ1n) is 6.16. The van der Waals surface area contributed by atoms with E-state index < -0.39 is 5.97 Å². The smallest absolute Gasteiger partial charge is 0.358 e. The lowest BCUT2D eigenvalue weighted by Crippen LogP contribution is -2.06. The lowest BCUT2D eigenvalue weighted by molar-refractivity contribution is 0.0691. The van der Waals surface area contributed by atoms with Crippen LogP contribution in [0.15, 0.2) is 34.9 Å². The summed E-state index contributed by atoms with van der Waals surface area (Å²) >= 11 is 0. The third kappa shape index (κ3) is 2.50. The number of benzene rings is 1. The van der Waals surface area contributed by atoms with Gasteiger partial charge in [-0.2, -0.15) is 4.98 Å². The molecular formula is C13H11N5O3. The van der Waals surface area contributed by atoms with E-state index in [-0.39, 0.29) is 12.2 Å². The highest BCUT2D eigenvalue weighted by Crippen LogP contribution is 2.22. The minimum atomic E-state index is -1.14. The Labute approximate surface area is 119 Å². The van der Waals surface area contributed by atoms with Gasteiger partial charge in [-0.25, -0.2) is 9.48 Å². The van der Waals surface area contributed by atoms with Crippen LogP contribution >= 0.6 is 0 Å². The molecule has 0 aliphatic rings. The molecule has 0 amide bonds. The van der Waals surface area contributed by atoms with E-state index >= 15 is 0 Å². The first-order chi connectivity index (χ1) is 10.1. The molecule has 8 nitrogen and oxygen atoms in total. The van der Waals surface area contributed by atoms with Crippen molar-refractivity contribution in [3.05, 3.63) is 47.7 Å². The van der Waals surface area contributed by atoms with Crippen molar-refractivity contribution in [2.24, 2.45) is 0 Å². The second-order valence-corrected chi connectivity index (χ2v) is 4.35. The number of carboxylic acids is 1. The van der Waals surface area contributed by atoms with Gasteiger partial charge in [-0.15, -0.1) is 5.10 Å². The molecule has 1 aromatic carbocycles. The van der Waals surface area contributed by atoms with Crippen molar-refractivity contribution in [2.75, 3.05) is 0 Å². The number of aryl methyl sites for hydroxylation is 1. The van der Waals surface area contributed by atoms with Crippen LogP contribution < -0.4 is 0 Å². The Balaban J connectivity index is 2.07. The van der Waals surface area contributed by atoms with Gasteiger partial charge in [-0.1, -0.05) is 40.7 Å². The zero-order valence-electron chi connectivity index (χ0n) is 11.1. The molecule has 2 heterocycles. The fourth-order valence-electron chi connectivity index (χ4n) is 1.98. The Morgan fingerprint density at radius 3 is 2.71 bits per heavy atom. The molecule has 0 aliphatic carbocycles. The van der Waals surface area contributed by atoms with Gasteiger partial charge >= 0.3 is 5.97 Å². The van der Waals surface area contributed by atoms with Crippen LogP contribution in [0.5, 0.6) is 0 Å². The minimum absolute atomic E-state index is 0.113. The normalized spacial score (nSPS) is 10.7. The van der Waals surface area contributed by atoms with Gasteiger partial charge in [0.1, 0.15) is 12.2 Å². The Morgan fingerprint density at radius 2 is 2.10 bits per heavy atom. The van der Waals surface area contributed by atoms with Gasteiger partial charge in [0, 0.05) is 5.56 Å². The molecule has 0 atom stereocenters. The van der Waals surface area contributed by atoms with E-state index in [0.29, 0.717) is 23.0 Å². The van der Waals surface area contributed by atoms with E-state index in [9.17, 15) is 9.90 Å². The fourth-order valence-corrected chi connectivity index (χ4v) is 1.98. The molecule has 1 N–H and O–H groups in total. The first-order valence-corrected chi connectivity index (χ1v) is 6.16. The van der Waals surface area contributed by atoms with Crippen molar-refractivity contribution in [3.8, 4) is 11.3 Å². The van der Waals surface area contributed by atoms with Gasteiger partial charge in [0.2, 0.25) is 5.89 Å². The van der Waals surface area contributed by atoms with Crippen LogP contribution in [-0.2, 0) is 6.54 Å². The molecule has 3 rings (SSSR count). The summed E-state index contributed by atoms with van der Waals surface area (Å²) in [4.78, 5) is 15.4. The summed E-state index contributed by atoms with van der Waals surface area (Å²) in [5, 5.41) is 20.5. The lowest BCUT2D eigenvalue weighted by Gasteiger charge is -2.04. The summed E-state index contributed by atoms with van der Waals surface area (Å²) in [5.74, 6) is -0.293. The Kier molecular flexibility index (Phi) is 3.19. The number of hydrogen-bond acceptors (Lipinski definition) is 6. The quantitative estimate of drug-likeness (QED) is 0.771. The van der Waals surface area contributed by atoms with E-state index in [2.05, 4.69) is 20.5 Å². The maximum Gasteiger partial charge on any atom is 0.358 e. The summed E-state index contributed by atoms with van der Waals surface area (Å²) in [5.41, 5.74) is 0.993. The number of carboxylic acid groups (broad SMARTS) is 1. The molecule has 21 heavy (non-hydrogen) atoms. The highest BCUT2D eigenvalue weighted by Gasteiger charge is 2.21. The zero-order valence-corrected chi connectivity index (χ0v) is 11.1. The molecule has 0 bridgehead atoms. The fraction of sp³-hybridized carbons (Fsp3) is 0.154. The number of hydrogen-bond donors (Lipinski definition) is 1. The van der Waals surface area contributed by atoms with Crippen LogP contribution in [0.2, 0.25) is 0 Å². The molecular weight excluding hydrogens is 274 g/mol. The molecule has 0 aliphatic heterocycles. The number of carbonyl (C=O) groups is 1.